The highest BCUT2D eigenvalue weighted by Gasteiger charge is 2.45. The van der Waals surface area contributed by atoms with E-state index in [1.54, 1.807) is 30.0 Å². The number of rotatable bonds is 6. The molecule has 126 valence electrons. The number of nitrogens with two attached hydrogens (primary N) is 1. The molecule has 0 fully saturated rings. The standard InChI is InChI=1S/C17H24N2O4/c1-4-17(5-2)16(21)19(10-9-15(20)22-6-3)13-8-7-12(18)11-14(13)23-17/h7-8,11H,4-6,9-10,18H2,1-3H3. The van der Waals surface area contributed by atoms with Crippen LogP contribution in [0.3, 0.4) is 0 Å². The van der Waals surface area contributed by atoms with Crippen molar-refractivity contribution in [3.05, 3.63) is 18.2 Å². The molecule has 1 heterocycles. The van der Waals surface area contributed by atoms with E-state index in [-0.39, 0.29) is 24.8 Å². The molecule has 0 unspecified atom stereocenters. The molecule has 1 aliphatic heterocycles. The zero-order valence-corrected chi connectivity index (χ0v) is 13.9. The lowest BCUT2D eigenvalue weighted by Crippen LogP contribution is -2.56. The average molecular weight is 320 g/mol. The highest BCUT2D eigenvalue weighted by molar-refractivity contribution is 6.03. The van der Waals surface area contributed by atoms with Gasteiger partial charge in [0.25, 0.3) is 5.91 Å². The number of fused-ring (bicyclic) bond motifs is 1. The topological polar surface area (TPSA) is 81.9 Å². The first-order valence-electron chi connectivity index (χ1n) is 8.03. The molecule has 6 nitrogen and oxygen atoms in total. The van der Waals surface area contributed by atoms with Crippen LogP contribution in [0.4, 0.5) is 11.4 Å². The summed E-state index contributed by atoms with van der Waals surface area (Å²) in [5, 5.41) is 0. The maximum atomic E-state index is 12.9. The van der Waals surface area contributed by atoms with Crippen LogP contribution in [-0.4, -0.2) is 30.6 Å². The molecule has 0 atom stereocenters. The Morgan fingerprint density at radius 1 is 1.30 bits per heavy atom. The zero-order chi connectivity index (χ0) is 17.0. The number of amides is 1. The molecule has 0 aromatic heterocycles. The van der Waals surface area contributed by atoms with Gasteiger partial charge in [0.2, 0.25) is 0 Å². The van der Waals surface area contributed by atoms with E-state index in [0.717, 1.165) is 0 Å². The van der Waals surface area contributed by atoms with Gasteiger partial charge in [-0.2, -0.15) is 0 Å². The fourth-order valence-electron chi connectivity index (χ4n) is 2.80. The monoisotopic (exact) mass is 320 g/mol. The number of anilines is 2. The van der Waals surface area contributed by atoms with E-state index >= 15 is 0 Å². The van der Waals surface area contributed by atoms with E-state index in [1.807, 2.05) is 13.8 Å². The van der Waals surface area contributed by atoms with Gasteiger partial charge in [0.1, 0.15) is 5.75 Å². The minimum atomic E-state index is -0.907. The van der Waals surface area contributed by atoms with Gasteiger partial charge in [-0.25, -0.2) is 0 Å². The lowest BCUT2D eigenvalue weighted by molar-refractivity contribution is -0.143. The summed E-state index contributed by atoms with van der Waals surface area (Å²) < 4.78 is 11.0. The number of hydrogen-bond donors (Lipinski definition) is 1. The number of nitrogens with zero attached hydrogens (tertiary/aromatic N) is 1. The molecule has 1 amide bonds. The predicted molar refractivity (Wildman–Crippen MR) is 88.4 cm³/mol. The first-order chi connectivity index (χ1) is 11.0. The molecule has 0 saturated heterocycles. The Hall–Kier alpha value is -2.24. The minimum absolute atomic E-state index is 0.121. The molecule has 1 aromatic carbocycles. The van der Waals surface area contributed by atoms with E-state index in [9.17, 15) is 9.59 Å². The molecule has 0 bridgehead atoms. The Morgan fingerprint density at radius 2 is 2.00 bits per heavy atom. The minimum Gasteiger partial charge on any atom is -0.475 e. The van der Waals surface area contributed by atoms with E-state index in [1.165, 1.54) is 0 Å². The largest absolute Gasteiger partial charge is 0.475 e. The van der Waals surface area contributed by atoms with Crippen LogP contribution in [0.2, 0.25) is 0 Å². The lowest BCUT2D eigenvalue weighted by atomic mass is 9.92. The van der Waals surface area contributed by atoms with E-state index in [4.69, 9.17) is 15.2 Å². The summed E-state index contributed by atoms with van der Waals surface area (Å²) in [6.07, 6.45) is 1.24. The Morgan fingerprint density at radius 3 is 2.61 bits per heavy atom. The summed E-state index contributed by atoms with van der Waals surface area (Å²) in [6, 6.07) is 5.19. The SMILES string of the molecule is CCOC(=O)CCN1C(=O)C(CC)(CC)Oc2cc(N)ccc21. The van der Waals surface area contributed by atoms with Gasteiger partial charge in [-0.1, -0.05) is 13.8 Å². The van der Waals surface area contributed by atoms with E-state index in [2.05, 4.69) is 0 Å². The first-order valence-corrected chi connectivity index (χ1v) is 8.03. The summed E-state index contributed by atoms with van der Waals surface area (Å²) in [6.45, 7) is 6.19. The average Bonchev–Trinajstić information content (AvgIpc) is 2.54. The smallest absolute Gasteiger partial charge is 0.307 e. The number of carbonyl (C=O) groups excluding carboxylic acids is 2. The molecular weight excluding hydrogens is 296 g/mol. The van der Waals surface area contributed by atoms with Gasteiger partial charge in [0.15, 0.2) is 5.60 Å². The van der Waals surface area contributed by atoms with Gasteiger partial charge in [-0.05, 0) is 31.9 Å². The number of esters is 1. The molecule has 1 aromatic rings. The van der Waals surface area contributed by atoms with Crippen LogP contribution >= 0.6 is 0 Å². The fourth-order valence-corrected chi connectivity index (χ4v) is 2.80. The quantitative estimate of drug-likeness (QED) is 0.643. The molecule has 2 N–H and O–H groups in total. The van der Waals surface area contributed by atoms with Crippen LogP contribution in [-0.2, 0) is 14.3 Å². The number of nitrogen functional groups attached to an aromatic ring is 1. The van der Waals surface area contributed by atoms with Crippen molar-refractivity contribution in [3.8, 4) is 5.75 Å². The summed E-state index contributed by atoms with van der Waals surface area (Å²) in [7, 11) is 0. The second-order valence-corrected chi connectivity index (χ2v) is 5.54. The molecule has 2 rings (SSSR count). The van der Waals surface area contributed by atoms with Gasteiger partial charge < -0.3 is 20.1 Å². The van der Waals surface area contributed by atoms with Crippen LogP contribution in [0, 0.1) is 0 Å². The van der Waals surface area contributed by atoms with Crippen LogP contribution < -0.4 is 15.4 Å². The summed E-state index contributed by atoms with van der Waals surface area (Å²) in [5.41, 5.74) is 6.15. The molecule has 0 spiro atoms. The molecule has 1 aliphatic rings. The number of carbonyl (C=O) groups is 2. The Bertz CT molecular complexity index is 596. The van der Waals surface area contributed by atoms with Crippen molar-refractivity contribution in [2.45, 2.75) is 45.6 Å². The van der Waals surface area contributed by atoms with Crippen molar-refractivity contribution < 1.29 is 19.1 Å². The van der Waals surface area contributed by atoms with Crippen LogP contribution in [0.15, 0.2) is 18.2 Å². The molecular formula is C17H24N2O4. The van der Waals surface area contributed by atoms with E-state index < -0.39 is 5.60 Å². The molecule has 0 saturated carbocycles. The van der Waals surface area contributed by atoms with Crippen molar-refractivity contribution in [1.82, 2.24) is 0 Å². The summed E-state index contributed by atoms with van der Waals surface area (Å²) in [4.78, 5) is 26.2. The van der Waals surface area contributed by atoms with Gasteiger partial charge >= 0.3 is 5.97 Å². The normalized spacial score (nSPS) is 15.8. The predicted octanol–water partition coefficient (Wildman–Crippen LogP) is 2.51. The lowest BCUT2D eigenvalue weighted by Gasteiger charge is -2.42. The van der Waals surface area contributed by atoms with Gasteiger partial charge in [-0.15, -0.1) is 0 Å². The summed E-state index contributed by atoms with van der Waals surface area (Å²) in [5.74, 6) is 0.142. The maximum absolute atomic E-state index is 12.9. The summed E-state index contributed by atoms with van der Waals surface area (Å²) >= 11 is 0. The Balaban J connectivity index is 2.34. The van der Waals surface area contributed by atoms with Gasteiger partial charge in [-0.3, -0.25) is 9.59 Å². The number of ether oxygens (including phenoxy) is 2. The van der Waals surface area contributed by atoms with Crippen molar-refractivity contribution in [1.29, 1.82) is 0 Å². The number of benzene rings is 1. The van der Waals surface area contributed by atoms with E-state index in [0.29, 0.717) is 36.6 Å². The van der Waals surface area contributed by atoms with Gasteiger partial charge in [0.05, 0.1) is 18.7 Å². The third-order valence-electron chi connectivity index (χ3n) is 4.20. The Kier molecular flexibility index (Phi) is 5.13. The van der Waals surface area contributed by atoms with Crippen molar-refractivity contribution in [3.63, 3.8) is 0 Å². The fraction of sp³-hybridized carbons (Fsp3) is 0.529. The maximum Gasteiger partial charge on any atom is 0.307 e. The van der Waals surface area contributed by atoms with Crippen molar-refractivity contribution in [2.24, 2.45) is 0 Å². The third kappa shape index (κ3) is 3.25. The first kappa shape index (κ1) is 17.1. The second-order valence-electron chi connectivity index (χ2n) is 5.54. The van der Waals surface area contributed by atoms with Crippen LogP contribution in [0.5, 0.6) is 5.75 Å². The van der Waals surface area contributed by atoms with Crippen LogP contribution in [0.1, 0.15) is 40.0 Å². The van der Waals surface area contributed by atoms with Gasteiger partial charge in [0, 0.05) is 18.3 Å². The number of hydrogen-bond acceptors (Lipinski definition) is 5. The molecule has 0 aliphatic carbocycles. The molecule has 0 radical (unpaired) electrons. The molecule has 23 heavy (non-hydrogen) atoms. The molecule has 6 heteroatoms. The highest BCUT2D eigenvalue weighted by Crippen LogP contribution is 2.41. The Labute approximate surface area is 136 Å². The van der Waals surface area contributed by atoms with Crippen LogP contribution in [0.25, 0.3) is 0 Å². The van der Waals surface area contributed by atoms with Crippen molar-refractivity contribution in [2.75, 3.05) is 23.8 Å². The zero-order valence-electron chi connectivity index (χ0n) is 13.9. The third-order valence-corrected chi connectivity index (χ3v) is 4.20. The second kappa shape index (κ2) is 6.89. The highest BCUT2D eigenvalue weighted by atomic mass is 16.5. The van der Waals surface area contributed by atoms with Crippen molar-refractivity contribution >= 4 is 23.3 Å².